The molecule has 2 aromatic rings. The van der Waals surface area contributed by atoms with E-state index < -0.39 is 0 Å². The number of carbonyl (C=O) groups is 2. The highest BCUT2D eigenvalue weighted by Crippen LogP contribution is 2.42. The van der Waals surface area contributed by atoms with Crippen LogP contribution in [0, 0.1) is 10.8 Å². The summed E-state index contributed by atoms with van der Waals surface area (Å²) < 4.78 is 0. The van der Waals surface area contributed by atoms with Crippen molar-refractivity contribution in [1.29, 1.82) is 0 Å². The molecule has 0 aromatic heterocycles. The number of allylic oxidation sites excluding steroid dienone is 20. The molecule has 2 aliphatic rings. The lowest BCUT2D eigenvalue weighted by Crippen LogP contribution is -2.45. The predicted molar refractivity (Wildman–Crippen MR) is 256 cm³/mol. The van der Waals surface area contributed by atoms with Crippen LogP contribution in [0.15, 0.2) is 190 Å². The molecule has 0 spiro atoms. The largest absolute Gasteiger partial charge is 0.293 e. The van der Waals surface area contributed by atoms with E-state index in [4.69, 9.17) is 0 Å². The van der Waals surface area contributed by atoms with Crippen LogP contribution in [0.4, 0.5) is 0 Å². The molecular weight excluding hydrogens is 733 g/mol. The molecule has 0 N–H and O–H groups in total. The molecule has 60 heavy (non-hydrogen) atoms. The summed E-state index contributed by atoms with van der Waals surface area (Å²) in [6, 6.07) is 20.5. The number of benzene rings is 2. The maximum Gasteiger partial charge on any atom is 0.175 e. The Bertz CT molecular complexity index is 2020. The van der Waals surface area contributed by atoms with Gasteiger partial charge >= 0.3 is 0 Å². The zero-order chi connectivity index (χ0) is 44.0. The Morgan fingerprint density at radius 3 is 1.20 bits per heavy atom. The van der Waals surface area contributed by atoms with Crippen LogP contribution in [0.25, 0.3) is 0 Å². The van der Waals surface area contributed by atoms with Gasteiger partial charge in [0.25, 0.3) is 0 Å². The lowest BCUT2D eigenvalue weighted by Gasteiger charge is -2.40. The maximum absolute atomic E-state index is 13.5. The summed E-state index contributed by atoms with van der Waals surface area (Å²) in [6.45, 7) is 22.9. The Balaban J connectivity index is 1.29. The Hall–Kier alpha value is -5.16. The Kier molecular flexibility index (Phi) is 17.3. The molecule has 2 aliphatic carbocycles. The van der Waals surface area contributed by atoms with Gasteiger partial charge in [-0.3, -0.25) is 19.4 Å². The fourth-order valence-electron chi connectivity index (χ4n) is 8.30. The van der Waals surface area contributed by atoms with E-state index in [-0.39, 0.29) is 34.5 Å². The average molecular weight is 803 g/mol. The van der Waals surface area contributed by atoms with Crippen molar-refractivity contribution >= 4 is 11.6 Å². The standard InChI is InChI=1S/C56H70N2O2/c1-41(25-21-27-43(3)33-35-49-45(5)53(59)51(37-55(49,7)8)57(11)39-47-29-15-13-16-30-47)23-19-20-24-42(2)26-22-28-44(4)34-36-50-46(6)54(60)52(38-56(50,9)10)58(12)40-48-31-17-14-18-32-48/h13-36,51-52H,37-40H2,1-12H3/b20-19+,25-21+,26-22+,35-33+,36-34+,41-23+,42-24+,43-27+,44-28+. The van der Waals surface area contributed by atoms with Crippen LogP contribution in [-0.2, 0) is 22.7 Å². The van der Waals surface area contributed by atoms with Crippen molar-refractivity contribution in [3.8, 4) is 0 Å². The third-order valence-corrected chi connectivity index (χ3v) is 11.9. The summed E-state index contributed by atoms with van der Waals surface area (Å²) in [5.74, 6) is 0.451. The van der Waals surface area contributed by atoms with Crippen LogP contribution < -0.4 is 0 Å². The second-order valence-corrected chi connectivity index (χ2v) is 18.2. The molecule has 316 valence electrons. The van der Waals surface area contributed by atoms with E-state index >= 15 is 0 Å². The first-order valence-corrected chi connectivity index (χ1v) is 21.5. The minimum absolute atomic E-state index is 0.110. The second kappa shape index (κ2) is 21.9. The first kappa shape index (κ1) is 47.5. The van der Waals surface area contributed by atoms with Gasteiger partial charge in [0.05, 0.1) is 12.1 Å². The Morgan fingerprint density at radius 2 is 0.850 bits per heavy atom. The van der Waals surface area contributed by atoms with Gasteiger partial charge in [-0.2, -0.15) is 0 Å². The number of Topliss-reactive ketones (excluding diaryl/α,β-unsaturated/α-hetero) is 2. The molecule has 2 unspecified atom stereocenters. The van der Waals surface area contributed by atoms with Gasteiger partial charge in [0.2, 0.25) is 0 Å². The lowest BCUT2D eigenvalue weighted by atomic mass is 9.69. The van der Waals surface area contributed by atoms with Crippen LogP contribution in [-0.4, -0.2) is 47.5 Å². The summed E-state index contributed by atoms with van der Waals surface area (Å²) in [5.41, 5.74) is 10.8. The van der Waals surface area contributed by atoms with Gasteiger partial charge in [-0.1, -0.05) is 196 Å². The van der Waals surface area contributed by atoms with E-state index in [9.17, 15) is 9.59 Å². The molecule has 0 radical (unpaired) electrons. The average Bonchev–Trinajstić information content (AvgIpc) is 3.19. The van der Waals surface area contributed by atoms with E-state index in [1.807, 2.05) is 26.0 Å². The van der Waals surface area contributed by atoms with E-state index in [0.29, 0.717) is 0 Å². The molecule has 4 rings (SSSR count). The third kappa shape index (κ3) is 13.7. The molecule has 4 heteroatoms. The summed E-state index contributed by atoms with van der Waals surface area (Å²) in [7, 11) is 4.12. The topological polar surface area (TPSA) is 40.6 Å². The normalized spacial score (nSPS) is 21.2. The number of rotatable bonds is 16. The number of hydrogen-bond acceptors (Lipinski definition) is 4. The van der Waals surface area contributed by atoms with Crippen LogP contribution in [0.1, 0.15) is 93.2 Å². The molecule has 4 nitrogen and oxygen atoms in total. The lowest BCUT2D eigenvalue weighted by molar-refractivity contribution is -0.122. The monoisotopic (exact) mass is 803 g/mol. The van der Waals surface area contributed by atoms with Gasteiger partial charge in [-0.15, -0.1) is 0 Å². The number of likely N-dealkylation sites (N-methyl/N-ethyl adjacent to an activating group) is 2. The molecule has 2 atom stereocenters. The number of carbonyl (C=O) groups excluding carboxylic acids is 2. The molecule has 0 saturated carbocycles. The van der Waals surface area contributed by atoms with E-state index in [2.05, 4.69) is 213 Å². The number of nitrogens with zero attached hydrogens (tertiary/aromatic N) is 2. The van der Waals surface area contributed by atoms with Crippen molar-refractivity contribution < 1.29 is 9.59 Å². The molecule has 0 amide bonds. The Morgan fingerprint density at radius 1 is 0.533 bits per heavy atom. The van der Waals surface area contributed by atoms with Gasteiger partial charge in [-0.05, 0) is 113 Å². The van der Waals surface area contributed by atoms with Gasteiger partial charge in [0.15, 0.2) is 11.6 Å². The van der Waals surface area contributed by atoms with Crippen molar-refractivity contribution in [2.75, 3.05) is 14.1 Å². The molecule has 0 fully saturated rings. The summed E-state index contributed by atoms with van der Waals surface area (Å²) >= 11 is 0. The van der Waals surface area contributed by atoms with Crippen LogP contribution in [0.2, 0.25) is 0 Å². The Labute approximate surface area is 363 Å². The summed E-state index contributed by atoms with van der Waals surface area (Å²) in [6.07, 6.45) is 31.0. The predicted octanol–water partition coefficient (Wildman–Crippen LogP) is 13.2. The fourth-order valence-corrected chi connectivity index (χ4v) is 8.30. The van der Waals surface area contributed by atoms with Crippen molar-refractivity contribution in [1.82, 2.24) is 9.80 Å². The van der Waals surface area contributed by atoms with E-state index in [1.54, 1.807) is 0 Å². The SMILES string of the molecule is CC1=C(/C=C/C(C)=C/C=C/C(C)=C/C=C/C=C(C)/C=C/C=C(C)/C=C/C2=C(C)C(=O)C(N(C)Cc3ccccc3)CC2(C)C)C(C)(C)CC(N(C)Cc2ccccc2)C1=O. The minimum Gasteiger partial charge on any atom is -0.293 e. The highest BCUT2D eigenvalue weighted by molar-refractivity contribution is 6.02. The highest BCUT2D eigenvalue weighted by Gasteiger charge is 2.40. The highest BCUT2D eigenvalue weighted by atomic mass is 16.1. The van der Waals surface area contributed by atoms with Gasteiger partial charge in [-0.25, -0.2) is 0 Å². The second-order valence-electron chi connectivity index (χ2n) is 18.2. The van der Waals surface area contributed by atoms with E-state index in [0.717, 1.165) is 70.5 Å². The smallest absolute Gasteiger partial charge is 0.175 e. The quantitative estimate of drug-likeness (QED) is 0.159. The van der Waals surface area contributed by atoms with Gasteiger partial charge in [0.1, 0.15) is 0 Å². The zero-order valence-electron chi connectivity index (χ0n) is 38.6. The molecule has 0 saturated heterocycles. The summed E-state index contributed by atoms with van der Waals surface area (Å²) in [5, 5.41) is 0. The van der Waals surface area contributed by atoms with Crippen LogP contribution >= 0.6 is 0 Å². The maximum atomic E-state index is 13.5. The number of ketones is 2. The number of hydrogen-bond donors (Lipinski definition) is 0. The van der Waals surface area contributed by atoms with E-state index in [1.165, 1.54) is 11.1 Å². The summed E-state index contributed by atoms with van der Waals surface area (Å²) in [4.78, 5) is 31.4. The van der Waals surface area contributed by atoms with Crippen LogP contribution in [0.3, 0.4) is 0 Å². The molecule has 0 bridgehead atoms. The molecule has 0 aliphatic heterocycles. The van der Waals surface area contributed by atoms with Crippen molar-refractivity contribution in [3.05, 3.63) is 201 Å². The van der Waals surface area contributed by atoms with Crippen molar-refractivity contribution in [3.63, 3.8) is 0 Å². The zero-order valence-corrected chi connectivity index (χ0v) is 38.6. The molecular formula is C56H70N2O2. The van der Waals surface area contributed by atoms with Crippen LogP contribution in [0.5, 0.6) is 0 Å². The fraction of sp³-hybridized carbons (Fsp3) is 0.357. The third-order valence-electron chi connectivity index (χ3n) is 11.9. The minimum atomic E-state index is -0.123. The molecule has 0 heterocycles. The van der Waals surface area contributed by atoms with Gasteiger partial charge < -0.3 is 0 Å². The first-order valence-electron chi connectivity index (χ1n) is 21.5. The van der Waals surface area contributed by atoms with Crippen molar-refractivity contribution in [2.24, 2.45) is 10.8 Å². The molecule has 2 aromatic carbocycles. The van der Waals surface area contributed by atoms with Gasteiger partial charge in [0, 0.05) is 13.1 Å². The van der Waals surface area contributed by atoms with Crippen molar-refractivity contribution in [2.45, 2.75) is 107 Å². The first-order chi connectivity index (χ1) is 28.4.